The zero-order chi connectivity index (χ0) is 8.20. The molecule has 0 aromatic carbocycles. The molecule has 0 heterocycles. The molecule has 0 amide bonds. The van der Waals surface area contributed by atoms with Gasteiger partial charge in [-0.25, -0.2) is 8.39 Å². The second kappa shape index (κ2) is 3.98. The van der Waals surface area contributed by atoms with Crippen LogP contribution in [-0.4, -0.2) is 34.1 Å². The molecule has 0 spiro atoms. The predicted octanol–water partition coefficient (Wildman–Crippen LogP) is -0.972. The summed E-state index contributed by atoms with van der Waals surface area (Å²) >= 11 is -2.10. The van der Waals surface area contributed by atoms with Crippen LogP contribution in [0.3, 0.4) is 0 Å². The molecule has 2 N–H and O–H groups in total. The van der Waals surface area contributed by atoms with Crippen molar-refractivity contribution in [1.29, 1.82) is 0 Å². The molecule has 0 saturated heterocycles. The number of hydrogen-bond donors (Lipinski definition) is 2. The molecule has 0 radical (unpaired) electrons. The molecule has 10 heavy (non-hydrogen) atoms. The van der Waals surface area contributed by atoms with Gasteiger partial charge in [0.25, 0.3) is 0 Å². The molecule has 8 heteroatoms. The van der Waals surface area contributed by atoms with Crippen molar-refractivity contribution in [1.82, 2.24) is 0 Å². The lowest BCUT2D eigenvalue weighted by atomic mass is 10.9. The monoisotopic (exact) mass is 190 g/mol. The van der Waals surface area contributed by atoms with E-state index in [9.17, 15) is 12.6 Å². The lowest BCUT2D eigenvalue weighted by Crippen LogP contribution is -2.10. The number of hydrogen-bond acceptors (Lipinski definition) is 4. The molecule has 0 aliphatic rings. The largest absolute Gasteiger partial charge is 0.397 e. The summed E-state index contributed by atoms with van der Waals surface area (Å²) in [6, 6.07) is 0. The van der Waals surface area contributed by atoms with Gasteiger partial charge < -0.3 is 4.55 Å². The van der Waals surface area contributed by atoms with Gasteiger partial charge >= 0.3 is 10.4 Å². The Morgan fingerprint density at radius 3 is 2.30 bits per heavy atom. The van der Waals surface area contributed by atoms with Gasteiger partial charge in [0.2, 0.25) is 0 Å². The van der Waals surface area contributed by atoms with Crippen LogP contribution in [0.4, 0.5) is 0 Å². The third-order valence-electron chi connectivity index (χ3n) is 0.490. The van der Waals surface area contributed by atoms with Crippen LogP contribution in [-0.2, 0) is 25.7 Å². The van der Waals surface area contributed by atoms with Crippen LogP contribution in [0.25, 0.3) is 0 Å². The molecule has 0 rings (SSSR count). The third-order valence-corrected chi connectivity index (χ3v) is 1.47. The Labute approximate surface area is 60.4 Å². The molecule has 0 saturated carbocycles. The maximum absolute atomic E-state index is 9.84. The van der Waals surface area contributed by atoms with Crippen molar-refractivity contribution in [3.05, 3.63) is 0 Å². The molecule has 0 aliphatic carbocycles. The van der Waals surface area contributed by atoms with Crippen molar-refractivity contribution in [3.8, 4) is 0 Å². The second-order valence-electron chi connectivity index (χ2n) is 1.28. The molecular formula is C2H6O6S2. The Kier molecular flexibility index (Phi) is 3.98. The first-order valence-corrected chi connectivity index (χ1v) is 4.75. The first-order valence-electron chi connectivity index (χ1n) is 2.11. The van der Waals surface area contributed by atoms with E-state index in [0.29, 0.717) is 0 Å². The van der Waals surface area contributed by atoms with Crippen LogP contribution >= 0.6 is 0 Å². The minimum absolute atomic E-state index is 0.347. The minimum Gasteiger partial charge on any atom is -0.306 e. The molecule has 0 fully saturated rings. The van der Waals surface area contributed by atoms with Gasteiger partial charge in [-0.15, -0.1) is 0 Å². The van der Waals surface area contributed by atoms with Crippen LogP contribution < -0.4 is 0 Å². The van der Waals surface area contributed by atoms with Crippen molar-refractivity contribution < 1.29 is 25.9 Å². The zero-order valence-electron chi connectivity index (χ0n) is 4.76. The highest BCUT2D eigenvalue weighted by molar-refractivity contribution is 7.81. The van der Waals surface area contributed by atoms with Crippen molar-refractivity contribution in [2.24, 2.45) is 0 Å². The fourth-order valence-corrected chi connectivity index (χ4v) is 0.836. The van der Waals surface area contributed by atoms with E-state index in [1.165, 1.54) is 0 Å². The van der Waals surface area contributed by atoms with E-state index in [-0.39, 0.29) is 5.75 Å². The quantitative estimate of drug-likeness (QED) is 0.437. The SMILES string of the molecule is O=S(O)CCOS(=O)(=O)O. The molecule has 0 aromatic heterocycles. The molecule has 1 unspecified atom stereocenters. The fourth-order valence-electron chi connectivity index (χ4n) is 0.211. The second-order valence-corrected chi connectivity index (χ2v) is 3.42. The predicted molar refractivity (Wildman–Crippen MR) is 33.1 cm³/mol. The van der Waals surface area contributed by atoms with Crippen LogP contribution in [0, 0.1) is 0 Å². The third kappa shape index (κ3) is 7.98. The van der Waals surface area contributed by atoms with Gasteiger partial charge in [0.1, 0.15) is 0 Å². The van der Waals surface area contributed by atoms with Gasteiger partial charge in [-0.3, -0.25) is 4.55 Å². The van der Waals surface area contributed by atoms with Crippen LogP contribution in [0.5, 0.6) is 0 Å². The molecular weight excluding hydrogens is 184 g/mol. The summed E-state index contributed by atoms with van der Waals surface area (Å²) in [6.07, 6.45) is 0. The van der Waals surface area contributed by atoms with Gasteiger partial charge in [0.15, 0.2) is 11.1 Å². The maximum atomic E-state index is 9.84. The average molecular weight is 190 g/mol. The summed E-state index contributed by atoms with van der Waals surface area (Å²) in [5.41, 5.74) is 0. The van der Waals surface area contributed by atoms with Crippen LogP contribution in [0.2, 0.25) is 0 Å². The Balaban J connectivity index is 3.49. The topological polar surface area (TPSA) is 101 Å². The summed E-state index contributed by atoms with van der Waals surface area (Å²) in [4.78, 5) is 0. The average Bonchev–Trinajstić information content (AvgIpc) is 1.59. The van der Waals surface area contributed by atoms with Crippen molar-refractivity contribution >= 4 is 21.5 Å². The fraction of sp³-hybridized carbons (Fsp3) is 1.00. The Hall–Kier alpha value is -0.0200. The minimum atomic E-state index is -4.47. The lowest BCUT2D eigenvalue weighted by molar-refractivity contribution is 0.283. The van der Waals surface area contributed by atoms with Crippen LogP contribution in [0.15, 0.2) is 0 Å². The van der Waals surface area contributed by atoms with Gasteiger partial charge in [-0.05, 0) is 0 Å². The van der Waals surface area contributed by atoms with Crippen LogP contribution in [0.1, 0.15) is 0 Å². The zero-order valence-corrected chi connectivity index (χ0v) is 6.39. The van der Waals surface area contributed by atoms with E-state index in [2.05, 4.69) is 4.18 Å². The molecule has 0 aliphatic heterocycles. The van der Waals surface area contributed by atoms with Crippen molar-refractivity contribution in [2.75, 3.05) is 12.4 Å². The summed E-state index contributed by atoms with van der Waals surface area (Å²) in [5, 5.41) is 0. The molecule has 0 aromatic rings. The van der Waals surface area contributed by atoms with Gasteiger partial charge in [0.05, 0.1) is 12.4 Å². The molecule has 6 nitrogen and oxygen atoms in total. The van der Waals surface area contributed by atoms with Gasteiger partial charge in [-0.1, -0.05) is 0 Å². The molecule has 62 valence electrons. The summed E-state index contributed by atoms with van der Waals surface area (Å²) in [6.45, 7) is -0.498. The first kappa shape index (κ1) is 9.98. The highest BCUT2D eigenvalue weighted by Gasteiger charge is 2.04. The van der Waals surface area contributed by atoms with Gasteiger partial charge in [0, 0.05) is 0 Å². The lowest BCUT2D eigenvalue weighted by Gasteiger charge is -1.94. The Bertz CT molecular complexity index is 204. The number of rotatable bonds is 4. The van der Waals surface area contributed by atoms with Gasteiger partial charge in [-0.2, -0.15) is 8.42 Å². The summed E-state index contributed by atoms with van der Waals surface area (Å²) < 4.78 is 49.1. The van der Waals surface area contributed by atoms with E-state index in [1.54, 1.807) is 0 Å². The normalized spacial score (nSPS) is 15.0. The van der Waals surface area contributed by atoms with E-state index in [4.69, 9.17) is 9.11 Å². The molecule has 0 bridgehead atoms. The highest BCUT2D eigenvalue weighted by atomic mass is 32.3. The molecule has 1 atom stereocenters. The summed E-state index contributed by atoms with van der Waals surface area (Å²) in [7, 11) is -4.47. The smallest absolute Gasteiger partial charge is 0.306 e. The van der Waals surface area contributed by atoms with E-state index >= 15 is 0 Å². The standard InChI is InChI=1S/C2H6O6S2/c3-9(4)2-1-8-10(5,6)7/h1-2H2,(H,3,4)(H,5,6,7). The van der Waals surface area contributed by atoms with E-state index in [0.717, 1.165) is 0 Å². The Morgan fingerprint density at radius 2 is 2.00 bits per heavy atom. The maximum Gasteiger partial charge on any atom is 0.397 e. The summed E-state index contributed by atoms with van der Waals surface area (Å²) in [5.74, 6) is -0.347. The Morgan fingerprint density at radius 1 is 1.50 bits per heavy atom. The highest BCUT2D eigenvalue weighted by Crippen LogP contribution is 1.85. The van der Waals surface area contributed by atoms with Crippen molar-refractivity contribution in [3.63, 3.8) is 0 Å². The first-order chi connectivity index (χ1) is 4.42. The van der Waals surface area contributed by atoms with Crippen molar-refractivity contribution in [2.45, 2.75) is 0 Å². The van der Waals surface area contributed by atoms with E-state index < -0.39 is 28.1 Å². The van der Waals surface area contributed by atoms with E-state index in [1.807, 2.05) is 0 Å².